The first-order chi connectivity index (χ1) is 12.8. The zero-order valence-electron chi connectivity index (χ0n) is 14.4. The second-order valence-corrected chi connectivity index (χ2v) is 8.17. The number of carbonyl (C=O) groups is 2. The van der Waals surface area contributed by atoms with Crippen LogP contribution in [0.2, 0.25) is 0 Å². The summed E-state index contributed by atoms with van der Waals surface area (Å²) in [5.74, 6) is -1.37. The summed E-state index contributed by atoms with van der Waals surface area (Å²) in [6.07, 6.45) is 1.47. The molecule has 1 N–H and O–H groups in total. The zero-order chi connectivity index (χ0) is 19.4. The minimum atomic E-state index is -3.51. The molecule has 0 unspecified atom stereocenters. The van der Waals surface area contributed by atoms with Gasteiger partial charge in [0.1, 0.15) is 12.0 Å². The van der Waals surface area contributed by atoms with Gasteiger partial charge in [0.25, 0.3) is 0 Å². The average Bonchev–Trinajstić information content (AvgIpc) is 3.14. The molecule has 10 heteroatoms. The molecule has 0 radical (unpaired) electrons. The van der Waals surface area contributed by atoms with Crippen molar-refractivity contribution in [3.8, 4) is 0 Å². The highest BCUT2D eigenvalue weighted by atomic mass is 32.2. The first-order valence-corrected chi connectivity index (χ1v) is 9.93. The number of rotatable bonds is 6. The van der Waals surface area contributed by atoms with Crippen LogP contribution in [0.3, 0.4) is 0 Å². The van der Waals surface area contributed by atoms with Crippen LogP contribution in [0.5, 0.6) is 0 Å². The monoisotopic (exact) mass is 393 g/mol. The van der Waals surface area contributed by atoms with Crippen molar-refractivity contribution in [2.45, 2.75) is 12.2 Å². The largest absolute Gasteiger partial charge is 0.478 e. The standard InChI is InChI=1S/C17H19N3O6S/c21-16(11-13-1-3-14(4-2-13)17(22)23)19-6-8-20(9-7-19)27(24,25)12-15-5-10-26-18-15/h1-5,10H,6-9,11-12H2,(H,22,23). The van der Waals surface area contributed by atoms with E-state index in [4.69, 9.17) is 5.11 Å². The molecular weight excluding hydrogens is 374 g/mol. The van der Waals surface area contributed by atoms with E-state index in [1.54, 1.807) is 17.0 Å². The van der Waals surface area contributed by atoms with Crippen LogP contribution in [0, 0.1) is 0 Å². The molecule has 2 aromatic rings. The Morgan fingerprint density at radius 2 is 1.74 bits per heavy atom. The van der Waals surface area contributed by atoms with Gasteiger partial charge in [-0.2, -0.15) is 4.31 Å². The van der Waals surface area contributed by atoms with Crippen molar-refractivity contribution in [2.24, 2.45) is 0 Å². The summed E-state index contributed by atoms with van der Waals surface area (Å²) < 4.78 is 30.8. The van der Waals surface area contributed by atoms with E-state index in [1.807, 2.05) is 0 Å². The first kappa shape index (κ1) is 19.1. The summed E-state index contributed by atoms with van der Waals surface area (Å²) >= 11 is 0. The lowest BCUT2D eigenvalue weighted by Crippen LogP contribution is -2.51. The van der Waals surface area contributed by atoms with E-state index in [-0.39, 0.29) is 36.7 Å². The van der Waals surface area contributed by atoms with Gasteiger partial charge in [-0.25, -0.2) is 13.2 Å². The normalized spacial score (nSPS) is 15.6. The molecule has 1 aromatic carbocycles. The highest BCUT2D eigenvalue weighted by Crippen LogP contribution is 2.14. The number of hydrogen-bond donors (Lipinski definition) is 1. The molecule has 0 aliphatic carbocycles. The fourth-order valence-electron chi connectivity index (χ4n) is 2.86. The van der Waals surface area contributed by atoms with Crippen molar-refractivity contribution in [3.63, 3.8) is 0 Å². The number of hydrogen-bond acceptors (Lipinski definition) is 6. The van der Waals surface area contributed by atoms with Gasteiger partial charge in [0.15, 0.2) is 0 Å². The summed E-state index contributed by atoms with van der Waals surface area (Å²) in [4.78, 5) is 24.9. The van der Waals surface area contributed by atoms with E-state index < -0.39 is 16.0 Å². The predicted octanol–water partition coefficient (Wildman–Crippen LogP) is 0.590. The highest BCUT2D eigenvalue weighted by molar-refractivity contribution is 7.88. The Morgan fingerprint density at radius 1 is 1.07 bits per heavy atom. The molecule has 1 fully saturated rings. The van der Waals surface area contributed by atoms with Crippen molar-refractivity contribution in [3.05, 3.63) is 53.4 Å². The lowest BCUT2D eigenvalue weighted by Gasteiger charge is -2.34. The van der Waals surface area contributed by atoms with E-state index in [0.29, 0.717) is 24.3 Å². The Kier molecular flexibility index (Phi) is 5.57. The van der Waals surface area contributed by atoms with Crippen molar-refractivity contribution in [2.75, 3.05) is 26.2 Å². The first-order valence-electron chi connectivity index (χ1n) is 8.32. The summed E-state index contributed by atoms with van der Waals surface area (Å²) in [5.41, 5.74) is 1.22. The lowest BCUT2D eigenvalue weighted by atomic mass is 10.1. The Bertz CT molecular complexity index is 901. The number of aromatic nitrogens is 1. The third-order valence-electron chi connectivity index (χ3n) is 4.36. The fourth-order valence-corrected chi connectivity index (χ4v) is 4.28. The third kappa shape index (κ3) is 4.72. The number of nitrogens with zero attached hydrogens (tertiary/aromatic N) is 3. The Morgan fingerprint density at radius 3 is 2.30 bits per heavy atom. The molecule has 27 heavy (non-hydrogen) atoms. The van der Waals surface area contributed by atoms with Crippen LogP contribution >= 0.6 is 0 Å². The number of benzene rings is 1. The van der Waals surface area contributed by atoms with Crippen LogP contribution in [0.25, 0.3) is 0 Å². The van der Waals surface area contributed by atoms with Gasteiger partial charge in [-0.15, -0.1) is 0 Å². The molecule has 0 spiro atoms. The fraction of sp³-hybridized carbons (Fsp3) is 0.353. The van der Waals surface area contributed by atoms with Crippen LogP contribution in [0.15, 0.2) is 41.1 Å². The summed E-state index contributed by atoms with van der Waals surface area (Å²) in [6, 6.07) is 7.64. The van der Waals surface area contributed by atoms with E-state index in [9.17, 15) is 18.0 Å². The lowest BCUT2D eigenvalue weighted by molar-refractivity contribution is -0.131. The quantitative estimate of drug-likeness (QED) is 0.762. The van der Waals surface area contributed by atoms with Crippen molar-refractivity contribution < 1.29 is 27.6 Å². The number of carboxylic acid groups (broad SMARTS) is 1. The van der Waals surface area contributed by atoms with Crippen molar-refractivity contribution >= 4 is 21.9 Å². The van der Waals surface area contributed by atoms with Gasteiger partial charge in [-0.05, 0) is 17.7 Å². The van der Waals surface area contributed by atoms with Gasteiger partial charge in [0.05, 0.1) is 17.7 Å². The maximum atomic E-state index is 12.4. The molecule has 3 rings (SSSR count). The number of carbonyl (C=O) groups excluding carboxylic acids is 1. The average molecular weight is 393 g/mol. The Hall–Kier alpha value is -2.72. The summed E-state index contributed by atoms with van der Waals surface area (Å²) in [5, 5.41) is 12.5. The topological polar surface area (TPSA) is 121 Å². The highest BCUT2D eigenvalue weighted by Gasteiger charge is 2.29. The van der Waals surface area contributed by atoms with E-state index in [0.717, 1.165) is 0 Å². The van der Waals surface area contributed by atoms with E-state index in [1.165, 1.54) is 28.8 Å². The second-order valence-electron chi connectivity index (χ2n) is 6.21. The van der Waals surface area contributed by atoms with Crippen LogP contribution < -0.4 is 0 Å². The van der Waals surface area contributed by atoms with Crippen LogP contribution in [0.1, 0.15) is 21.6 Å². The minimum Gasteiger partial charge on any atom is -0.478 e. The van der Waals surface area contributed by atoms with Crippen LogP contribution in [0.4, 0.5) is 0 Å². The maximum Gasteiger partial charge on any atom is 0.335 e. The molecule has 1 aliphatic rings. The third-order valence-corrected chi connectivity index (χ3v) is 6.18. The number of amides is 1. The van der Waals surface area contributed by atoms with Gasteiger partial charge < -0.3 is 14.5 Å². The molecule has 0 saturated carbocycles. The Balaban J connectivity index is 1.53. The molecule has 144 valence electrons. The zero-order valence-corrected chi connectivity index (χ0v) is 15.3. The Labute approximate surface area is 156 Å². The SMILES string of the molecule is O=C(O)c1ccc(CC(=O)N2CCN(S(=O)(=O)Cc3ccon3)CC2)cc1. The molecule has 1 saturated heterocycles. The maximum absolute atomic E-state index is 12.4. The molecule has 1 aromatic heterocycles. The summed E-state index contributed by atoms with van der Waals surface area (Å²) in [6.45, 7) is 1.07. The van der Waals surface area contributed by atoms with Gasteiger partial charge in [0, 0.05) is 32.2 Å². The molecular formula is C17H19N3O6S. The minimum absolute atomic E-state index is 0.119. The number of carboxylic acids is 1. The van der Waals surface area contributed by atoms with Crippen LogP contribution in [-0.4, -0.2) is 65.9 Å². The van der Waals surface area contributed by atoms with Crippen molar-refractivity contribution in [1.29, 1.82) is 0 Å². The smallest absolute Gasteiger partial charge is 0.335 e. The second kappa shape index (κ2) is 7.89. The number of aromatic carboxylic acids is 1. The molecule has 0 bridgehead atoms. The van der Waals surface area contributed by atoms with Gasteiger partial charge in [0.2, 0.25) is 15.9 Å². The number of piperazine rings is 1. The van der Waals surface area contributed by atoms with Gasteiger partial charge in [-0.3, -0.25) is 4.79 Å². The van der Waals surface area contributed by atoms with Crippen molar-refractivity contribution in [1.82, 2.24) is 14.4 Å². The van der Waals surface area contributed by atoms with Gasteiger partial charge in [-0.1, -0.05) is 17.3 Å². The van der Waals surface area contributed by atoms with Gasteiger partial charge >= 0.3 is 5.97 Å². The molecule has 1 amide bonds. The molecule has 0 atom stereocenters. The number of sulfonamides is 1. The molecule has 1 aliphatic heterocycles. The van der Waals surface area contributed by atoms with E-state index in [2.05, 4.69) is 9.68 Å². The molecule has 9 nitrogen and oxygen atoms in total. The van der Waals surface area contributed by atoms with E-state index >= 15 is 0 Å². The predicted molar refractivity (Wildman–Crippen MR) is 94.4 cm³/mol. The summed E-state index contributed by atoms with van der Waals surface area (Å²) in [7, 11) is -3.51. The van der Waals surface area contributed by atoms with Crippen LogP contribution in [-0.2, 0) is 27.0 Å². The molecule has 2 heterocycles.